The highest BCUT2D eigenvalue weighted by molar-refractivity contribution is 7.93. The first-order valence-corrected chi connectivity index (χ1v) is 13.0. The number of hydrogen-bond acceptors (Lipinski definition) is 7. The quantitative estimate of drug-likeness (QED) is 0.357. The Bertz CT molecular complexity index is 1250. The second-order valence-corrected chi connectivity index (χ2v) is 10.7. The molecule has 0 unspecified atom stereocenters. The van der Waals surface area contributed by atoms with E-state index in [2.05, 4.69) is 19.6 Å². The molecule has 0 radical (unpaired) electrons. The summed E-state index contributed by atoms with van der Waals surface area (Å²) in [6.45, 7) is 2.21. The number of aromatic amines is 1. The third kappa shape index (κ3) is 4.99. The van der Waals surface area contributed by atoms with E-state index in [-0.39, 0.29) is 0 Å². The number of hydrogen-bond donors (Lipinski definition) is 2. The molecule has 0 saturated heterocycles. The van der Waals surface area contributed by atoms with E-state index in [4.69, 9.17) is 4.74 Å². The molecule has 1 aromatic carbocycles. The standard InChI is InChI=1S/C21H24N4O3S3/c1-25(10-11-28-2)9-6-18-19(7-12-29-18)31(26,27)24-16-5-3-4-15-14-17(23-20(15)16)21-22-8-13-30-21/h3-5,7-8,12-14,23-24H,6,9-11H2,1-2H3. The number of benzene rings is 1. The number of para-hydroxylation sites is 1. The number of anilines is 1. The van der Waals surface area contributed by atoms with Crippen LogP contribution in [-0.2, 0) is 21.2 Å². The van der Waals surface area contributed by atoms with Gasteiger partial charge in [-0.3, -0.25) is 4.72 Å². The Labute approximate surface area is 189 Å². The molecule has 0 atom stereocenters. The molecule has 0 bridgehead atoms. The molecule has 0 saturated carbocycles. The van der Waals surface area contributed by atoms with Crippen molar-refractivity contribution in [2.75, 3.05) is 38.6 Å². The summed E-state index contributed by atoms with van der Waals surface area (Å²) in [5.41, 5.74) is 2.13. The van der Waals surface area contributed by atoms with Crippen LogP contribution in [0.3, 0.4) is 0 Å². The minimum atomic E-state index is -3.72. The molecule has 2 N–H and O–H groups in total. The van der Waals surface area contributed by atoms with E-state index < -0.39 is 10.0 Å². The van der Waals surface area contributed by atoms with Crippen molar-refractivity contribution < 1.29 is 13.2 Å². The van der Waals surface area contributed by atoms with Gasteiger partial charge in [0.2, 0.25) is 0 Å². The van der Waals surface area contributed by atoms with E-state index in [1.807, 2.05) is 36.0 Å². The molecule has 3 heterocycles. The molecule has 0 aliphatic rings. The van der Waals surface area contributed by atoms with E-state index >= 15 is 0 Å². The van der Waals surface area contributed by atoms with E-state index in [9.17, 15) is 8.42 Å². The number of thiazole rings is 1. The number of aromatic nitrogens is 2. The van der Waals surface area contributed by atoms with Crippen molar-refractivity contribution in [1.29, 1.82) is 0 Å². The fraction of sp³-hybridized carbons (Fsp3) is 0.286. The monoisotopic (exact) mass is 476 g/mol. The van der Waals surface area contributed by atoms with Gasteiger partial charge < -0.3 is 14.6 Å². The summed E-state index contributed by atoms with van der Waals surface area (Å²) in [5, 5.41) is 5.53. The topological polar surface area (TPSA) is 87.3 Å². The molecule has 4 rings (SSSR count). The van der Waals surface area contributed by atoms with Gasteiger partial charge in [-0.25, -0.2) is 13.4 Å². The Morgan fingerprint density at radius 3 is 2.84 bits per heavy atom. The van der Waals surface area contributed by atoms with Crippen molar-refractivity contribution in [2.45, 2.75) is 11.3 Å². The zero-order valence-electron chi connectivity index (χ0n) is 17.3. The maximum absolute atomic E-state index is 13.2. The van der Waals surface area contributed by atoms with Crippen LogP contribution in [0.2, 0.25) is 0 Å². The van der Waals surface area contributed by atoms with Crippen LogP contribution in [0.15, 0.2) is 52.2 Å². The lowest BCUT2D eigenvalue weighted by molar-refractivity contribution is 0.162. The number of nitrogens with one attached hydrogen (secondary N) is 2. The van der Waals surface area contributed by atoms with Crippen molar-refractivity contribution in [1.82, 2.24) is 14.9 Å². The van der Waals surface area contributed by atoms with Gasteiger partial charge in [0.05, 0.1) is 23.5 Å². The summed E-state index contributed by atoms with van der Waals surface area (Å²) in [6.07, 6.45) is 2.41. The van der Waals surface area contributed by atoms with Crippen LogP contribution in [0.5, 0.6) is 0 Å². The Hall–Kier alpha value is -2.24. The molecule has 0 spiro atoms. The van der Waals surface area contributed by atoms with Gasteiger partial charge in [-0.15, -0.1) is 22.7 Å². The Morgan fingerprint density at radius 1 is 1.19 bits per heavy atom. The summed E-state index contributed by atoms with van der Waals surface area (Å²) in [4.78, 5) is 11.0. The second-order valence-electron chi connectivity index (χ2n) is 7.15. The number of methoxy groups -OCH3 is 1. The van der Waals surface area contributed by atoms with Gasteiger partial charge in [0, 0.05) is 42.0 Å². The molecule has 7 nitrogen and oxygen atoms in total. The van der Waals surface area contributed by atoms with Gasteiger partial charge >= 0.3 is 0 Å². The highest BCUT2D eigenvalue weighted by Crippen LogP contribution is 2.32. The first kappa shape index (κ1) is 22.0. The highest BCUT2D eigenvalue weighted by Gasteiger charge is 2.21. The predicted molar refractivity (Wildman–Crippen MR) is 128 cm³/mol. The third-order valence-corrected chi connectivity index (χ3v) is 8.32. The minimum Gasteiger partial charge on any atom is -0.383 e. The Morgan fingerprint density at radius 2 is 2.06 bits per heavy atom. The van der Waals surface area contributed by atoms with E-state index in [0.29, 0.717) is 23.6 Å². The second kappa shape index (κ2) is 9.49. The average molecular weight is 477 g/mol. The summed E-state index contributed by atoms with van der Waals surface area (Å²) in [7, 11) is -0.0376. The lowest BCUT2D eigenvalue weighted by atomic mass is 10.2. The number of sulfonamides is 1. The third-order valence-electron chi connectivity index (χ3n) is 4.96. The fourth-order valence-corrected chi connectivity index (χ4v) is 6.46. The molecular weight excluding hydrogens is 452 g/mol. The van der Waals surface area contributed by atoms with Crippen LogP contribution in [0.4, 0.5) is 5.69 Å². The molecular formula is C21H24N4O3S3. The number of ether oxygens (including phenoxy) is 1. The van der Waals surface area contributed by atoms with Crippen molar-refractivity contribution in [3.63, 3.8) is 0 Å². The van der Waals surface area contributed by atoms with Crippen LogP contribution in [0, 0.1) is 0 Å². The molecule has 0 amide bonds. The number of thiophene rings is 1. The molecule has 3 aromatic heterocycles. The zero-order chi connectivity index (χ0) is 21.8. The molecule has 31 heavy (non-hydrogen) atoms. The number of nitrogens with zero attached hydrogens (tertiary/aromatic N) is 2. The average Bonchev–Trinajstić information content (AvgIpc) is 3.50. The Balaban J connectivity index is 1.56. The van der Waals surface area contributed by atoms with Gasteiger partial charge in [0.15, 0.2) is 0 Å². The van der Waals surface area contributed by atoms with E-state index in [1.54, 1.807) is 25.4 Å². The summed E-state index contributed by atoms with van der Waals surface area (Å²) in [5.74, 6) is 0. The van der Waals surface area contributed by atoms with Crippen molar-refractivity contribution >= 4 is 49.3 Å². The molecule has 10 heteroatoms. The van der Waals surface area contributed by atoms with E-state index in [1.165, 1.54) is 22.7 Å². The largest absolute Gasteiger partial charge is 0.383 e. The minimum absolute atomic E-state index is 0.335. The maximum Gasteiger partial charge on any atom is 0.263 e. The van der Waals surface area contributed by atoms with Crippen molar-refractivity contribution in [3.8, 4) is 10.7 Å². The maximum atomic E-state index is 13.2. The Kier molecular flexibility index (Phi) is 6.73. The zero-order valence-corrected chi connectivity index (χ0v) is 19.7. The van der Waals surface area contributed by atoms with Crippen LogP contribution in [-0.4, -0.2) is 57.1 Å². The summed E-state index contributed by atoms with van der Waals surface area (Å²) < 4.78 is 34.3. The van der Waals surface area contributed by atoms with Crippen molar-refractivity contribution in [3.05, 3.63) is 52.2 Å². The molecule has 0 aliphatic heterocycles. The van der Waals surface area contributed by atoms with Gasteiger partial charge in [0.1, 0.15) is 9.90 Å². The number of H-pyrrole nitrogens is 1. The highest BCUT2D eigenvalue weighted by atomic mass is 32.2. The number of likely N-dealkylation sites (N-methyl/N-ethyl adjacent to an activating group) is 1. The first-order valence-electron chi connectivity index (χ1n) is 9.76. The van der Waals surface area contributed by atoms with Crippen molar-refractivity contribution in [2.24, 2.45) is 0 Å². The summed E-state index contributed by atoms with van der Waals surface area (Å²) in [6, 6.07) is 9.23. The van der Waals surface area contributed by atoms with Gasteiger partial charge in [-0.05, 0) is 37.0 Å². The smallest absolute Gasteiger partial charge is 0.263 e. The fourth-order valence-electron chi connectivity index (χ4n) is 3.31. The van der Waals surface area contributed by atoms with Gasteiger partial charge in [0.25, 0.3) is 10.0 Å². The van der Waals surface area contributed by atoms with Crippen LogP contribution in [0.1, 0.15) is 4.88 Å². The first-order chi connectivity index (χ1) is 15.0. The summed E-state index contributed by atoms with van der Waals surface area (Å²) >= 11 is 3.00. The lowest BCUT2D eigenvalue weighted by Gasteiger charge is -2.16. The van der Waals surface area contributed by atoms with Crippen LogP contribution < -0.4 is 4.72 Å². The van der Waals surface area contributed by atoms with Crippen LogP contribution in [0.25, 0.3) is 21.6 Å². The van der Waals surface area contributed by atoms with Crippen LogP contribution >= 0.6 is 22.7 Å². The lowest BCUT2D eigenvalue weighted by Crippen LogP contribution is -2.25. The molecule has 0 aliphatic carbocycles. The van der Waals surface area contributed by atoms with E-state index in [0.717, 1.165) is 39.6 Å². The SMILES string of the molecule is COCCN(C)CCc1sccc1S(=O)(=O)Nc1cccc2cc(-c3nccs3)[nH]c12. The number of rotatable bonds is 10. The van der Waals surface area contributed by atoms with Gasteiger partial charge in [-0.1, -0.05) is 12.1 Å². The predicted octanol–water partition coefficient (Wildman–Crippen LogP) is 4.27. The van der Waals surface area contributed by atoms with Gasteiger partial charge in [-0.2, -0.15) is 0 Å². The number of fused-ring (bicyclic) bond motifs is 1. The molecule has 164 valence electrons. The molecule has 4 aromatic rings. The molecule has 0 fully saturated rings. The normalized spacial score (nSPS) is 12.1.